The van der Waals surface area contributed by atoms with Crippen molar-refractivity contribution in [1.82, 2.24) is 15.5 Å². The van der Waals surface area contributed by atoms with Crippen LogP contribution in [-0.2, 0) is 22.7 Å². The number of amides is 3. The number of unbranched alkanes of at least 4 members (excludes halogenated alkanes) is 1. The van der Waals surface area contributed by atoms with Crippen molar-refractivity contribution in [1.29, 1.82) is 0 Å². The van der Waals surface area contributed by atoms with Gasteiger partial charge in [0.15, 0.2) is 0 Å². The van der Waals surface area contributed by atoms with Gasteiger partial charge >= 0.3 is 0 Å². The SMILES string of the molecule is CCCCC1CCC(NCc2ccc3c(c2)CN(C2CCC(=O)NC2=O)C3=O)CC1. The number of nitrogens with zero attached hydrogens (tertiary/aromatic N) is 1. The van der Waals surface area contributed by atoms with E-state index in [1.54, 1.807) is 4.90 Å². The van der Waals surface area contributed by atoms with Crippen LogP contribution < -0.4 is 10.6 Å². The summed E-state index contributed by atoms with van der Waals surface area (Å²) in [4.78, 5) is 38.0. The standard InChI is InChI=1S/C24H33N3O3/c1-2-3-4-16-5-8-19(9-6-16)25-14-17-7-10-20-18(13-17)15-27(24(20)30)21-11-12-22(28)26-23(21)29/h7,10,13,16,19,21,25H,2-6,8-9,11-12,14-15H2,1H3,(H,26,28,29). The number of piperidine rings is 1. The van der Waals surface area contributed by atoms with Crippen molar-refractivity contribution in [2.24, 2.45) is 5.92 Å². The molecule has 4 rings (SSSR count). The van der Waals surface area contributed by atoms with Crippen molar-refractivity contribution >= 4 is 17.7 Å². The molecular weight excluding hydrogens is 378 g/mol. The van der Waals surface area contributed by atoms with Gasteiger partial charge in [0, 0.05) is 31.1 Å². The van der Waals surface area contributed by atoms with Crippen LogP contribution in [0.3, 0.4) is 0 Å². The van der Waals surface area contributed by atoms with Crippen molar-refractivity contribution in [2.75, 3.05) is 0 Å². The van der Waals surface area contributed by atoms with Crippen LogP contribution in [0.5, 0.6) is 0 Å². The number of carbonyl (C=O) groups excluding carboxylic acids is 3. The molecule has 2 fully saturated rings. The highest BCUT2D eigenvalue weighted by atomic mass is 16.2. The lowest BCUT2D eigenvalue weighted by atomic mass is 9.83. The first-order chi connectivity index (χ1) is 14.5. The second-order valence-corrected chi connectivity index (χ2v) is 9.13. The topological polar surface area (TPSA) is 78.5 Å². The lowest BCUT2D eigenvalue weighted by Crippen LogP contribution is -2.52. The molecule has 1 unspecified atom stereocenters. The highest BCUT2D eigenvalue weighted by molar-refractivity contribution is 6.05. The number of nitrogens with one attached hydrogen (secondary N) is 2. The van der Waals surface area contributed by atoms with Crippen LogP contribution in [0.4, 0.5) is 0 Å². The van der Waals surface area contributed by atoms with E-state index in [-0.39, 0.29) is 24.1 Å². The molecule has 2 heterocycles. The van der Waals surface area contributed by atoms with Crippen molar-refractivity contribution in [3.05, 3.63) is 34.9 Å². The first kappa shape index (κ1) is 21.0. The summed E-state index contributed by atoms with van der Waals surface area (Å²) >= 11 is 0. The van der Waals surface area contributed by atoms with Crippen LogP contribution in [0, 0.1) is 5.92 Å². The number of benzene rings is 1. The fourth-order valence-corrected chi connectivity index (χ4v) is 5.15. The molecule has 1 aliphatic carbocycles. The summed E-state index contributed by atoms with van der Waals surface area (Å²) < 4.78 is 0. The van der Waals surface area contributed by atoms with Gasteiger partial charge in [0.25, 0.3) is 5.91 Å². The molecule has 0 spiro atoms. The van der Waals surface area contributed by atoms with E-state index in [2.05, 4.69) is 23.6 Å². The smallest absolute Gasteiger partial charge is 0.255 e. The van der Waals surface area contributed by atoms with Gasteiger partial charge in [-0.3, -0.25) is 19.7 Å². The molecule has 0 aromatic heterocycles. The summed E-state index contributed by atoms with van der Waals surface area (Å²) in [5, 5.41) is 6.06. The maximum Gasteiger partial charge on any atom is 0.255 e. The zero-order valence-corrected chi connectivity index (χ0v) is 17.9. The number of fused-ring (bicyclic) bond motifs is 1. The Morgan fingerprint density at radius 2 is 1.90 bits per heavy atom. The molecule has 6 heteroatoms. The molecule has 2 N–H and O–H groups in total. The molecule has 1 aromatic rings. The first-order valence-corrected chi connectivity index (χ1v) is 11.5. The number of imide groups is 1. The van der Waals surface area contributed by atoms with Gasteiger partial charge in [0.2, 0.25) is 11.8 Å². The maximum atomic E-state index is 12.8. The Bertz CT molecular complexity index is 814. The number of hydrogen-bond acceptors (Lipinski definition) is 4. The summed E-state index contributed by atoms with van der Waals surface area (Å²) in [6.07, 6.45) is 9.88. The van der Waals surface area contributed by atoms with Crippen molar-refractivity contribution in [3.8, 4) is 0 Å². The zero-order chi connectivity index (χ0) is 21.1. The third-order valence-electron chi connectivity index (χ3n) is 7.00. The van der Waals surface area contributed by atoms with Crippen molar-refractivity contribution in [3.63, 3.8) is 0 Å². The van der Waals surface area contributed by atoms with Gasteiger partial charge in [-0.2, -0.15) is 0 Å². The predicted molar refractivity (Wildman–Crippen MR) is 115 cm³/mol. The average molecular weight is 412 g/mol. The predicted octanol–water partition coefficient (Wildman–Crippen LogP) is 3.29. The van der Waals surface area contributed by atoms with Crippen molar-refractivity contribution in [2.45, 2.75) is 89.9 Å². The highest BCUT2D eigenvalue weighted by Crippen LogP contribution is 2.30. The average Bonchev–Trinajstić information content (AvgIpc) is 3.07. The Kier molecular flexibility index (Phi) is 6.52. The second kappa shape index (κ2) is 9.29. The zero-order valence-electron chi connectivity index (χ0n) is 17.9. The molecule has 1 saturated heterocycles. The van der Waals surface area contributed by atoms with Gasteiger partial charge in [-0.15, -0.1) is 0 Å². The van der Waals surface area contributed by atoms with Crippen LogP contribution in [0.25, 0.3) is 0 Å². The Balaban J connectivity index is 1.31. The number of carbonyl (C=O) groups is 3. The van der Waals surface area contributed by atoms with E-state index in [0.717, 1.165) is 18.0 Å². The molecule has 0 radical (unpaired) electrons. The van der Waals surface area contributed by atoms with Gasteiger partial charge in [0.1, 0.15) is 6.04 Å². The van der Waals surface area contributed by atoms with Crippen LogP contribution in [0.2, 0.25) is 0 Å². The minimum Gasteiger partial charge on any atom is -0.322 e. The number of rotatable bonds is 7. The molecule has 3 aliphatic rings. The van der Waals surface area contributed by atoms with Gasteiger partial charge in [-0.05, 0) is 55.2 Å². The Hall–Kier alpha value is -2.21. The molecule has 1 atom stereocenters. The summed E-state index contributed by atoms with van der Waals surface area (Å²) in [7, 11) is 0. The fourth-order valence-electron chi connectivity index (χ4n) is 5.15. The normalized spacial score (nSPS) is 26.6. The third kappa shape index (κ3) is 4.59. The van der Waals surface area contributed by atoms with Gasteiger partial charge in [-0.25, -0.2) is 0 Å². The summed E-state index contributed by atoms with van der Waals surface area (Å²) in [5.41, 5.74) is 2.84. The fraction of sp³-hybridized carbons (Fsp3) is 0.625. The molecule has 0 bridgehead atoms. The molecule has 30 heavy (non-hydrogen) atoms. The molecule has 6 nitrogen and oxygen atoms in total. The van der Waals surface area contributed by atoms with Crippen LogP contribution in [0.15, 0.2) is 18.2 Å². The highest BCUT2D eigenvalue weighted by Gasteiger charge is 2.39. The quantitative estimate of drug-likeness (QED) is 0.675. The third-order valence-corrected chi connectivity index (χ3v) is 7.00. The van der Waals surface area contributed by atoms with E-state index < -0.39 is 6.04 Å². The molecule has 1 aromatic carbocycles. The molecular formula is C24H33N3O3. The molecule has 1 saturated carbocycles. The Morgan fingerprint density at radius 1 is 1.10 bits per heavy atom. The van der Waals surface area contributed by atoms with Crippen LogP contribution >= 0.6 is 0 Å². The maximum absolute atomic E-state index is 12.8. The van der Waals surface area contributed by atoms with E-state index in [1.807, 2.05) is 12.1 Å². The molecule has 2 aliphatic heterocycles. The minimum absolute atomic E-state index is 0.107. The van der Waals surface area contributed by atoms with Gasteiger partial charge < -0.3 is 10.2 Å². The second-order valence-electron chi connectivity index (χ2n) is 9.13. The summed E-state index contributed by atoms with van der Waals surface area (Å²) in [5.74, 6) is 0.189. The lowest BCUT2D eigenvalue weighted by Gasteiger charge is -2.29. The lowest BCUT2D eigenvalue weighted by molar-refractivity contribution is -0.136. The van der Waals surface area contributed by atoms with Crippen LogP contribution in [-0.4, -0.2) is 34.7 Å². The molecule has 162 valence electrons. The van der Waals surface area contributed by atoms with Crippen LogP contribution in [0.1, 0.15) is 86.2 Å². The Morgan fingerprint density at radius 3 is 2.63 bits per heavy atom. The van der Waals surface area contributed by atoms with E-state index in [1.165, 1.54) is 50.5 Å². The van der Waals surface area contributed by atoms with E-state index in [9.17, 15) is 14.4 Å². The summed E-state index contributed by atoms with van der Waals surface area (Å²) in [6.45, 7) is 3.52. The number of hydrogen-bond donors (Lipinski definition) is 2. The Labute approximate surface area is 178 Å². The minimum atomic E-state index is -0.549. The van der Waals surface area contributed by atoms with E-state index >= 15 is 0 Å². The van der Waals surface area contributed by atoms with E-state index in [0.29, 0.717) is 24.6 Å². The van der Waals surface area contributed by atoms with Crippen molar-refractivity contribution < 1.29 is 14.4 Å². The van der Waals surface area contributed by atoms with Gasteiger partial charge in [0.05, 0.1) is 0 Å². The largest absolute Gasteiger partial charge is 0.322 e. The summed E-state index contributed by atoms with van der Waals surface area (Å²) in [6, 6.07) is 6.04. The first-order valence-electron chi connectivity index (χ1n) is 11.5. The van der Waals surface area contributed by atoms with Gasteiger partial charge in [-0.1, -0.05) is 38.3 Å². The van der Waals surface area contributed by atoms with E-state index in [4.69, 9.17) is 0 Å². The molecule has 3 amide bonds. The monoisotopic (exact) mass is 411 g/mol.